The van der Waals surface area contributed by atoms with E-state index in [0.29, 0.717) is 18.2 Å². The van der Waals surface area contributed by atoms with E-state index in [0.717, 1.165) is 36.3 Å². The molecule has 1 aromatic carbocycles. The SMILES string of the molecule is Cc1cc(OCc2ncccn2)cc(=O)n1[C@H](C)c1ccc(OCCCCCO)cc1. The quantitative estimate of drug-likeness (QED) is 0.474. The second kappa shape index (κ2) is 11.3. The summed E-state index contributed by atoms with van der Waals surface area (Å²) in [5, 5.41) is 8.81. The molecule has 1 atom stereocenters. The number of hydrogen-bond donors (Lipinski definition) is 1. The van der Waals surface area contributed by atoms with E-state index in [-0.39, 0.29) is 24.8 Å². The van der Waals surface area contributed by atoms with Crippen molar-refractivity contribution in [1.82, 2.24) is 14.5 Å². The molecule has 0 aliphatic heterocycles. The van der Waals surface area contributed by atoms with Crippen LogP contribution in [-0.2, 0) is 6.61 Å². The zero-order chi connectivity index (χ0) is 22.1. The van der Waals surface area contributed by atoms with Gasteiger partial charge in [0.15, 0.2) is 5.82 Å². The fraction of sp³-hybridized carbons (Fsp3) is 0.375. The van der Waals surface area contributed by atoms with E-state index < -0.39 is 0 Å². The Balaban J connectivity index is 1.64. The number of pyridine rings is 1. The molecule has 164 valence electrons. The molecular formula is C24H29N3O4. The van der Waals surface area contributed by atoms with E-state index in [9.17, 15) is 4.79 Å². The molecule has 0 saturated heterocycles. The first kappa shape index (κ1) is 22.5. The first-order valence-electron chi connectivity index (χ1n) is 10.5. The van der Waals surface area contributed by atoms with Gasteiger partial charge in [0, 0.05) is 30.8 Å². The van der Waals surface area contributed by atoms with Crippen LogP contribution >= 0.6 is 0 Å². The van der Waals surface area contributed by atoms with E-state index in [2.05, 4.69) is 9.97 Å². The van der Waals surface area contributed by atoms with Crippen molar-refractivity contribution < 1.29 is 14.6 Å². The van der Waals surface area contributed by atoms with Crippen molar-refractivity contribution in [2.45, 2.75) is 45.8 Å². The Morgan fingerprint density at radius 2 is 1.74 bits per heavy atom. The number of benzene rings is 1. The minimum Gasteiger partial charge on any atom is -0.494 e. The Labute approximate surface area is 182 Å². The van der Waals surface area contributed by atoms with Crippen LogP contribution in [-0.4, -0.2) is 32.9 Å². The molecule has 0 fully saturated rings. The molecule has 0 saturated carbocycles. The van der Waals surface area contributed by atoms with Crippen LogP contribution < -0.4 is 15.0 Å². The number of aryl methyl sites for hydroxylation is 1. The second-order valence-electron chi connectivity index (χ2n) is 7.37. The fourth-order valence-electron chi connectivity index (χ4n) is 3.39. The molecular weight excluding hydrogens is 394 g/mol. The maximum atomic E-state index is 12.8. The number of rotatable bonds is 11. The van der Waals surface area contributed by atoms with Crippen LogP contribution in [0.25, 0.3) is 0 Å². The van der Waals surface area contributed by atoms with Crippen molar-refractivity contribution in [3.8, 4) is 11.5 Å². The lowest BCUT2D eigenvalue weighted by Crippen LogP contribution is -2.25. The van der Waals surface area contributed by atoms with Gasteiger partial charge in [0.25, 0.3) is 5.56 Å². The van der Waals surface area contributed by atoms with Gasteiger partial charge in [0.2, 0.25) is 0 Å². The molecule has 0 aliphatic carbocycles. The Bertz CT molecular complexity index is 1000. The maximum Gasteiger partial charge on any atom is 0.254 e. The zero-order valence-corrected chi connectivity index (χ0v) is 18.0. The average molecular weight is 424 g/mol. The molecule has 0 unspecified atom stereocenters. The average Bonchev–Trinajstić information content (AvgIpc) is 2.78. The number of aliphatic hydroxyl groups is 1. The standard InChI is InChI=1S/C24H29N3O4/c1-18-15-22(31-17-23-25-11-6-12-26-23)16-24(29)27(18)19(2)20-7-9-21(10-8-20)30-14-5-3-4-13-28/h6-12,15-16,19,28H,3-5,13-14,17H2,1-2H3/t19-/m1/s1. The van der Waals surface area contributed by atoms with Gasteiger partial charge >= 0.3 is 0 Å². The maximum absolute atomic E-state index is 12.8. The van der Waals surface area contributed by atoms with Gasteiger partial charge in [-0.2, -0.15) is 0 Å². The van der Waals surface area contributed by atoms with Crippen LogP contribution in [0.3, 0.4) is 0 Å². The Kier molecular flexibility index (Phi) is 8.18. The van der Waals surface area contributed by atoms with Gasteiger partial charge < -0.3 is 19.1 Å². The third kappa shape index (κ3) is 6.39. The highest BCUT2D eigenvalue weighted by atomic mass is 16.5. The number of unbranched alkanes of at least 4 members (excludes halogenated alkanes) is 2. The summed E-state index contributed by atoms with van der Waals surface area (Å²) in [5.41, 5.74) is 1.71. The van der Waals surface area contributed by atoms with Gasteiger partial charge in [-0.15, -0.1) is 0 Å². The molecule has 31 heavy (non-hydrogen) atoms. The molecule has 0 radical (unpaired) electrons. The van der Waals surface area contributed by atoms with Crippen molar-refractivity contribution in [3.05, 3.63) is 82.3 Å². The van der Waals surface area contributed by atoms with E-state index in [1.54, 1.807) is 23.0 Å². The van der Waals surface area contributed by atoms with E-state index in [4.69, 9.17) is 14.6 Å². The lowest BCUT2D eigenvalue weighted by Gasteiger charge is -2.20. The Morgan fingerprint density at radius 3 is 2.42 bits per heavy atom. The molecule has 3 rings (SSSR count). The van der Waals surface area contributed by atoms with Crippen molar-refractivity contribution in [2.75, 3.05) is 13.2 Å². The van der Waals surface area contributed by atoms with Gasteiger partial charge in [-0.25, -0.2) is 9.97 Å². The summed E-state index contributed by atoms with van der Waals surface area (Å²) < 4.78 is 13.2. The molecule has 1 N–H and O–H groups in total. The van der Waals surface area contributed by atoms with Crippen LogP contribution in [0.2, 0.25) is 0 Å². The summed E-state index contributed by atoms with van der Waals surface area (Å²) in [6.45, 7) is 4.95. The lowest BCUT2D eigenvalue weighted by atomic mass is 10.1. The predicted octanol–water partition coefficient (Wildman–Crippen LogP) is 3.68. The van der Waals surface area contributed by atoms with Crippen molar-refractivity contribution in [3.63, 3.8) is 0 Å². The van der Waals surface area contributed by atoms with Crippen LogP contribution in [0.15, 0.2) is 59.7 Å². The van der Waals surface area contributed by atoms with Gasteiger partial charge in [-0.1, -0.05) is 12.1 Å². The Hall–Kier alpha value is -3.19. The van der Waals surface area contributed by atoms with Crippen molar-refractivity contribution in [1.29, 1.82) is 0 Å². The largest absolute Gasteiger partial charge is 0.494 e. The lowest BCUT2D eigenvalue weighted by molar-refractivity contribution is 0.266. The van der Waals surface area contributed by atoms with Crippen LogP contribution in [0, 0.1) is 6.92 Å². The van der Waals surface area contributed by atoms with E-state index >= 15 is 0 Å². The summed E-state index contributed by atoms with van der Waals surface area (Å²) in [6, 6.07) is 12.8. The number of hydrogen-bond acceptors (Lipinski definition) is 6. The highest BCUT2D eigenvalue weighted by Crippen LogP contribution is 2.23. The van der Waals surface area contributed by atoms with Gasteiger partial charge in [-0.05, 0) is 62.9 Å². The smallest absolute Gasteiger partial charge is 0.254 e. The summed E-state index contributed by atoms with van der Waals surface area (Å²) >= 11 is 0. The molecule has 0 bridgehead atoms. The minimum atomic E-state index is -0.127. The minimum absolute atomic E-state index is 0.124. The first-order chi connectivity index (χ1) is 15.1. The molecule has 0 amide bonds. The molecule has 3 aromatic rings. The van der Waals surface area contributed by atoms with Crippen molar-refractivity contribution >= 4 is 0 Å². The normalized spacial score (nSPS) is 11.8. The topological polar surface area (TPSA) is 86.5 Å². The second-order valence-corrected chi connectivity index (χ2v) is 7.37. The zero-order valence-electron chi connectivity index (χ0n) is 18.0. The molecule has 7 heteroatoms. The van der Waals surface area contributed by atoms with E-state index in [1.807, 2.05) is 44.2 Å². The number of aromatic nitrogens is 3. The molecule has 0 spiro atoms. The van der Waals surface area contributed by atoms with E-state index in [1.165, 1.54) is 6.07 Å². The fourth-order valence-corrected chi connectivity index (χ4v) is 3.39. The first-order valence-corrected chi connectivity index (χ1v) is 10.5. The van der Waals surface area contributed by atoms with Crippen LogP contribution in [0.5, 0.6) is 11.5 Å². The van der Waals surface area contributed by atoms with Crippen LogP contribution in [0.1, 0.15) is 49.3 Å². The van der Waals surface area contributed by atoms with Gasteiger partial charge in [0.05, 0.1) is 12.6 Å². The van der Waals surface area contributed by atoms with Crippen LogP contribution in [0.4, 0.5) is 0 Å². The monoisotopic (exact) mass is 423 g/mol. The van der Waals surface area contributed by atoms with Gasteiger partial charge in [-0.3, -0.25) is 4.79 Å². The highest BCUT2D eigenvalue weighted by molar-refractivity contribution is 5.31. The van der Waals surface area contributed by atoms with Crippen molar-refractivity contribution in [2.24, 2.45) is 0 Å². The summed E-state index contributed by atoms with van der Waals surface area (Å²) in [5.74, 6) is 1.87. The highest BCUT2D eigenvalue weighted by Gasteiger charge is 2.14. The summed E-state index contributed by atoms with van der Waals surface area (Å²) in [4.78, 5) is 21.0. The molecule has 2 aromatic heterocycles. The third-order valence-electron chi connectivity index (χ3n) is 5.04. The molecule has 2 heterocycles. The number of ether oxygens (including phenoxy) is 2. The summed E-state index contributed by atoms with van der Waals surface area (Å²) in [7, 11) is 0. The number of nitrogens with zero attached hydrogens (tertiary/aromatic N) is 3. The Morgan fingerprint density at radius 1 is 1.00 bits per heavy atom. The third-order valence-corrected chi connectivity index (χ3v) is 5.04. The number of aliphatic hydroxyl groups excluding tert-OH is 1. The molecule has 0 aliphatic rings. The van der Waals surface area contributed by atoms with Gasteiger partial charge in [0.1, 0.15) is 18.1 Å². The molecule has 7 nitrogen and oxygen atoms in total. The predicted molar refractivity (Wildman–Crippen MR) is 118 cm³/mol. The summed E-state index contributed by atoms with van der Waals surface area (Å²) in [6.07, 6.45) is 5.98.